The molecule has 0 aliphatic carbocycles. The Morgan fingerprint density at radius 3 is 2.44 bits per heavy atom. The molecule has 0 unspecified atom stereocenters. The lowest BCUT2D eigenvalue weighted by molar-refractivity contribution is 0.746. The van der Waals surface area contributed by atoms with E-state index < -0.39 is 0 Å². The van der Waals surface area contributed by atoms with Crippen LogP contribution in [-0.2, 0) is 6.54 Å². The van der Waals surface area contributed by atoms with Crippen LogP contribution in [0.2, 0.25) is 0 Å². The van der Waals surface area contributed by atoms with Gasteiger partial charge in [-0.05, 0) is 18.2 Å². The van der Waals surface area contributed by atoms with Crippen molar-refractivity contribution in [1.82, 2.24) is 4.57 Å². The number of aryl methyl sites for hydroxylation is 1. The fourth-order valence-corrected chi connectivity index (χ4v) is 0.847. The van der Waals surface area contributed by atoms with Gasteiger partial charge in [-0.3, -0.25) is 0 Å². The van der Waals surface area contributed by atoms with Gasteiger partial charge in [0.1, 0.15) is 0 Å². The second-order valence-corrected chi connectivity index (χ2v) is 2.07. The second kappa shape index (κ2) is 2.09. The number of hydrogen-bond donors (Lipinski definition) is 0. The molecule has 0 aromatic carbocycles. The van der Waals surface area contributed by atoms with Crippen molar-refractivity contribution in [3.8, 4) is 0 Å². The Bertz CT molecular complexity index is 282. The number of aromatic nitrogens is 1. The molecule has 0 fully saturated rings. The molecule has 1 heterocycles. The van der Waals surface area contributed by atoms with Crippen LogP contribution in [0.5, 0.6) is 0 Å². The molecule has 0 amide bonds. The minimum atomic E-state index is 0.981. The smallest absolute Gasteiger partial charge is 0.0401 e. The predicted molar refractivity (Wildman–Crippen MR) is 40.4 cm³/mol. The maximum absolute atomic E-state index is 3.85. The highest BCUT2D eigenvalue weighted by Crippen LogP contribution is 1.73. The van der Waals surface area contributed by atoms with Crippen molar-refractivity contribution in [1.29, 1.82) is 0 Å². The van der Waals surface area contributed by atoms with E-state index in [1.54, 1.807) is 0 Å². The summed E-state index contributed by atoms with van der Waals surface area (Å²) in [6.07, 6.45) is 2.00. The van der Waals surface area contributed by atoms with E-state index in [4.69, 9.17) is 0 Å². The third kappa shape index (κ3) is 0.900. The average molecular weight is 121 g/mol. The van der Waals surface area contributed by atoms with Crippen LogP contribution in [0.25, 0.3) is 13.2 Å². The van der Waals surface area contributed by atoms with Gasteiger partial charge in [-0.2, -0.15) is 0 Å². The summed E-state index contributed by atoms with van der Waals surface area (Å²) < 4.78 is 2.07. The first-order valence-electron chi connectivity index (χ1n) is 3.08. The molecule has 0 saturated heterocycles. The van der Waals surface area contributed by atoms with Crippen molar-refractivity contribution in [2.75, 3.05) is 0 Å². The highest BCUT2D eigenvalue weighted by molar-refractivity contribution is 5.11. The maximum Gasteiger partial charge on any atom is 0.0401 e. The summed E-state index contributed by atoms with van der Waals surface area (Å²) in [5.74, 6) is 0. The molecule has 0 atom stereocenters. The van der Waals surface area contributed by atoms with E-state index in [2.05, 4.69) is 24.6 Å². The van der Waals surface area contributed by atoms with Crippen molar-refractivity contribution in [3.63, 3.8) is 0 Å². The van der Waals surface area contributed by atoms with Gasteiger partial charge in [-0.25, -0.2) is 0 Å². The SMILES string of the molecule is C=c1ccn(CC)c1=C. The number of rotatable bonds is 1. The van der Waals surface area contributed by atoms with Crippen molar-refractivity contribution < 1.29 is 0 Å². The Kier molecular flexibility index (Phi) is 1.43. The number of hydrogen-bond acceptors (Lipinski definition) is 0. The Morgan fingerprint density at radius 1 is 1.56 bits per heavy atom. The van der Waals surface area contributed by atoms with Gasteiger partial charge in [0.2, 0.25) is 0 Å². The first kappa shape index (κ1) is 6.14. The molecule has 0 N–H and O–H groups in total. The van der Waals surface area contributed by atoms with E-state index in [9.17, 15) is 0 Å². The highest BCUT2D eigenvalue weighted by atomic mass is 14.9. The summed E-state index contributed by atoms with van der Waals surface area (Å²) in [6, 6.07) is 1.98. The van der Waals surface area contributed by atoms with Gasteiger partial charge >= 0.3 is 0 Å². The first-order chi connectivity index (χ1) is 4.25. The van der Waals surface area contributed by atoms with Gasteiger partial charge < -0.3 is 4.57 Å². The van der Waals surface area contributed by atoms with Gasteiger partial charge in [0.15, 0.2) is 0 Å². The molecule has 0 aliphatic rings. The van der Waals surface area contributed by atoms with E-state index in [1.165, 1.54) is 0 Å². The molecule has 0 saturated carbocycles. The zero-order valence-corrected chi connectivity index (χ0v) is 5.72. The standard InChI is InChI=1S/C8H11N/c1-4-9-6-5-7(2)8(9)3/h5-6H,2-4H2,1H3. The van der Waals surface area contributed by atoms with Crippen LogP contribution in [0.4, 0.5) is 0 Å². The summed E-state index contributed by atoms with van der Waals surface area (Å²) in [4.78, 5) is 0. The Labute approximate surface area is 54.9 Å². The quantitative estimate of drug-likeness (QED) is 0.504. The van der Waals surface area contributed by atoms with Gasteiger partial charge in [0.25, 0.3) is 0 Å². The third-order valence-electron chi connectivity index (χ3n) is 1.51. The van der Waals surface area contributed by atoms with Crippen LogP contribution in [-0.4, -0.2) is 4.57 Å². The topological polar surface area (TPSA) is 4.93 Å². The summed E-state index contributed by atoms with van der Waals surface area (Å²) >= 11 is 0. The second-order valence-electron chi connectivity index (χ2n) is 2.07. The minimum absolute atomic E-state index is 0.981. The fraction of sp³-hybridized carbons (Fsp3) is 0.250. The molecule has 1 heteroatoms. The molecule has 0 aliphatic heterocycles. The van der Waals surface area contributed by atoms with Crippen LogP contribution in [0, 0.1) is 0 Å². The fourth-order valence-electron chi connectivity index (χ4n) is 0.847. The summed E-state index contributed by atoms with van der Waals surface area (Å²) in [5.41, 5.74) is 0. The molecule has 1 nitrogen and oxygen atoms in total. The first-order valence-corrected chi connectivity index (χ1v) is 3.08. The van der Waals surface area contributed by atoms with Crippen LogP contribution in [0.15, 0.2) is 12.3 Å². The molecule has 0 bridgehead atoms. The monoisotopic (exact) mass is 121 g/mol. The van der Waals surface area contributed by atoms with Crippen LogP contribution in [0.1, 0.15) is 6.92 Å². The summed E-state index contributed by atoms with van der Waals surface area (Å²) in [7, 11) is 0. The van der Waals surface area contributed by atoms with Gasteiger partial charge in [0.05, 0.1) is 0 Å². The van der Waals surface area contributed by atoms with Crippen molar-refractivity contribution in [3.05, 3.63) is 22.8 Å². The molecule has 1 aromatic heterocycles. The van der Waals surface area contributed by atoms with Crippen LogP contribution in [0.3, 0.4) is 0 Å². The zero-order chi connectivity index (χ0) is 6.85. The van der Waals surface area contributed by atoms with Crippen LogP contribution < -0.4 is 10.6 Å². The Hall–Kier alpha value is -0.980. The van der Waals surface area contributed by atoms with Gasteiger partial charge in [-0.1, -0.05) is 13.2 Å². The zero-order valence-electron chi connectivity index (χ0n) is 5.72. The average Bonchev–Trinajstić information content (AvgIpc) is 2.15. The van der Waals surface area contributed by atoms with Crippen LogP contribution >= 0.6 is 0 Å². The molecule has 48 valence electrons. The van der Waals surface area contributed by atoms with Crippen molar-refractivity contribution >= 4 is 13.2 Å². The summed E-state index contributed by atoms with van der Waals surface area (Å²) in [6.45, 7) is 10.7. The van der Waals surface area contributed by atoms with Crippen molar-refractivity contribution in [2.24, 2.45) is 0 Å². The van der Waals surface area contributed by atoms with E-state index in [1.807, 2.05) is 12.3 Å². The minimum Gasteiger partial charge on any atom is -0.348 e. The van der Waals surface area contributed by atoms with Gasteiger partial charge in [-0.15, -0.1) is 0 Å². The normalized spacial score (nSPS) is 9.89. The molecule has 0 radical (unpaired) electrons. The van der Waals surface area contributed by atoms with E-state index in [0.717, 1.165) is 17.1 Å². The Morgan fingerprint density at radius 2 is 2.22 bits per heavy atom. The summed E-state index contributed by atoms with van der Waals surface area (Å²) in [5, 5.41) is 2.05. The Balaban J connectivity index is 3.37. The lowest BCUT2D eigenvalue weighted by Crippen LogP contribution is -2.25. The molecule has 9 heavy (non-hydrogen) atoms. The lowest BCUT2D eigenvalue weighted by Gasteiger charge is -1.92. The van der Waals surface area contributed by atoms with E-state index >= 15 is 0 Å². The molecular weight excluding hydrogens is 110 g/mol. The molecular formula is C8H11N. The molecule has 1 rings (SSSR count). The molecule has 1 aromatic rings. The maximum atomic E-state index is 3.85. The highest BCUT2D eigenvalue weighted by Gasteiger charge is 1.85. The number of nitrogens with zero attached hydrogens (tertiary/aromatic N) is 1. The van der Waals surface area contributed by atoms with Gasteiger partial charge in [0, 0.05) is 18.1 Å². The largest absolute Gasteiger partial charge is 0.348 e. The molecule has 0 spiro atoms. The van der Waals surface area contributed by atoms with Crippen molar-refractivity contribution in [2.45, 2.75) is 13.5 Å². The predicted octanol–water partition coefficient (Wildman–Crippen LogP) is 0.329. The van der Waals surface area contributed by atoms with E-state index in [-0.39, 0.29) is 0 Å². The van der Waals surface area contributed by atoms with E-state index in [0.29, 0.717) is 0 Å². The lowest BCUT2D eigenvalue weighted by atomic mass is 10.5. The third-order valence-corrected chi connectivity index (χ3v) is 1.51.